The normalized spacial score (nSPS) is 17.1. The summed E-state index contributed by atoms with van der Waals surface area (Å²) in [5.41, 5.74) is 1.69. The summed E-state index contributed by atoms with van der Waals surface area (Å²) in [5, 5.41) is 11.8. The Morgan fingerprint density at radius 1 is 0.969 bits per heavy atom. The molecule has 0 saturated carbocycles. The third-order valence-corrected chi connectivity index (χ3v) is 6.66. The zero-order valence-electron chi connectivity index (χ0n) is 17.9. The minimum Gasteiger partial charge on any atom is -0.385 e. The Kier molecular flexibility index (Phi) is 7.04. The summed E-state index contributed by atoms with van der Waals surface area (Å²) in [7, 11) is 0. The third-order valence-electron chi connectivity index (χ3n) is 6.41. The van der Waals surface area contributed by atoms with Gasteiger partial charge < -0.3 is 10.0 Å². The van der Waals surface area contributed by atoms with Crippen molar-refractivity contribution in [2.45, 2.75) is 30.8 Å². The van der Waals surface area contributed by atoms with Gasteiger partial charge in [-0.2, -0.15) is 0 Å². The highest BCUT2D eigenvalue weighted by molar-refractivity contribution is 6.30. The van der Waals surface area contributed by atoms with Crippen LogP contribution in [0.3, 0.4) is 0 Å². The number of aliphatic hydroxyl groups is 1. The average molecular weight is 452 g/mol. The molecule has 1 aliphatic rings. The molecule has 1 aliphatic heterocycles. The molecule has 5 heteroatoms. The van der Waals surface area contributed by atoms with Gasteiger partial charge in [0.2, 0.25) is 0 Å². The van der Waals surface area contributed by atoms with Gasteiger partial charge in [0.25, 0.3) is 0 Å². The summed E-state index contributed by atoms with van der Waals surface area (Å²) in [6.07, 6.45) is 1.61. The first-order chi connectivity index (χ1) is 15.4. The van der Waals surface area contributed by atoms with Crippen LogP contribution in [0.1, 0.15) is 46.7 Å². The van der Waals surface area contributed by atoms with Crippen molar-refractivity contribution in [3.8, 4) is 0 Å². The number of piperidine rings is 1. The Morgan fingerprint density at radius 2 is 1.59 bits per heavy atom. The predicted molar refractivity (Wildman–Crippen MR) is 126 cm³/mol. The molecule has 1 saturated heterocycles. The molecule has 0 bridgehead atoms. The van der Waals surface area contributed by atoms with E-state index in [-0.39, 0.29) is 17.5 Å². The van der Waals surface area contributed by atoms with Crippen molar-refractivity contribution in [2.24, 2.45) is 0 Å². The van der Waals surface area contributed by atoms with E-state index in [2.05, 4.69) is 17.0 Å². The van der Waals surface area contributed by atoms with E-state index in [0.717, 1.165) is 30.8 Å². The molecule has 166 valence electrons. The summed E-state index contributed by atoms with van der Waals surface area (Å²) in [5.74, 6) is -0.313. The van der Waals surface area contributed by atoms with Crippen LogP contribution in [0.2, 0.25) is 5.02 Å². The molecule has 1 fully saturated rings. The van der Waals surface area contributed by atoms with E-state index in [4.69, 9.17) is 11.6 Å². The Balaban J connectivity index is 1.44. The van der Waals surface area contributed by atoms with Crippen molar-refractivity contribution >= 4 is 17.4 Å². The molecular weight excluding hydrogens is 425 g/mol. The zero-order valence-corrected chi connectivity index (χ0v) is 18.6. The Hall–Kier alpha value is -2.53. The lowest BCUT2D eigenvalue weighted by Gasteiger charge is -2.40. The molecule has 0 radical (unpaired) electrons. The SMILES string of the molecule is O=C(CC(CN1CCC(O)(c2ccc(Cl)cc2)CC1)c1ccccc1)c1ccc(F)cc1. The van der Waals surface area contributed by atoms with Crippen LogP contribution in [0.4, 0.5) is 4.39 Å². The number of hydrogen-bond donors (Lipinski definition) is 1. The fourth-order valence-electron chi connectivity index (χ4n) is 4.46. The maximum absolute atomic E-state index is 13.2. The highest BCUT2D eigenvalue weighted by Gasteiger charge is 2.34. The highest BCUT2D eigenvalue weighted by atomic mass is 35.5. The number of hydrogen-bond acceptors (Lipinski definition) is 3. The summed E-state index contributed by atoms with van der Waals surface area (Å²) >= 11 is 5.99. The van der Waals surface area contributed by atoms with E-state index in [1.807, 2.05) is 42.5 Å². The Bertz CT molecular complexity index is 1030. The first-order valence-corrected chi connectivity index (χ1v) is 11.4. The number of Topliss-reactive ketones (excluding diaryl/α,β-unsaturated/α-hetero) is 1. The van der Waals surface area contributed by atoms with Crippen LogP contribution in [-0.2, 0) is 5.60 Å². The molecule has 1 heterocycles. The van der Waals surface area contributed by atoms with Crippen LogP contribution in [0.25, 0.3) is 0 Å². The van der Waals surface area contributed by atoms with E-state index in [1.165, 1.54) is 12.1 Å². The van der Waals surface area contributed by atoms with Crippen molar-refractivity contribution in [1.82, 2.24) is 4.90 Å². The topological polar surface area (TPSA) is 40.5 Å². The number of carbonyl (C=O) groups excluding carboxylic acids is 1. The van der Waals surface area contributed by atoms with Crippen molar-refractivity contribution in [3.05, 3.63) is 106 Å². The monoisotopic (exact) mass is 451 g/mol. The summed E-state index contributed by atoms with van der Waals surface area (Å²) in [4.78, 5) is 15.2. The number of likely N-dealkylation sites (tertiary alicyclic amines) is 1. The second-order valence-corrected chi connectivity index (χ2v) is 9.02. The molecule has 1 atom stereocenters. The van der Waals surface area contributed by atoms with E-state index < -0.39 is 5.60 Å². The Labute approximate surface area is 193 Å². The van der Waals surface area contributed by atoms with Gasteiger partial charge in [-0.25, -0.2) is 4.39 Å². The van der Waals surface area contributed by atoms with Crippen molar-refractivity contribution in [2.75, 3.05) is 19.6 Å². The van der Waals surface area contributed by atoms with Gasteiger partial charge in [0.15, 0.2) is 5.78 Å². The molecule has 0 aromatic heterocycles. The van der Waals surface area contributed by atoms with Crippen LogP contribution in [0.5, 0.6) is 0 Å². The van der Waals surface area contributed by atoms with Crippen LogP contribution < -0.4 is 0 Å². The van der Waals surface area contributed by atoms with Crippen LogP contribution in [-0.4, -0.2) is 35.4 Å². The fraction of sp³-hybridized carbons (Fsp3) is 0.296. The largest absolute Gasteiger partial charge is 0.385 e. The second kappa shape index (κ2) is 9.95. The number of benzene rings is 3. The van der Waals surface area contributed by atoms with Gasteiger partial charge in [-0.3, -0.25) is 4.79 Å². The molecule has 32 heavy (non-hydrogen) atoms. The third kappa shape index (κ3) is 5.44. The first kappa shape index (κ1) is 22.7. The van der Waals surface area contributed by atoms with E-state index in [0.29, 0.717) is 29.8 Å². The van der Waals surface area contributed by atoms with Crippen molar-refractivity contribution in [3.63, 3.8) is 0 Å². The van der Waals surface area contributed by atoms with Gasteiger partial charge in [0.1, 0.15) is 5.82 Å². The first-order valence-electron chi connectivity index (χ1n) is 11.0. The molecule has 3 aromatic carbocycles. The highest BCUT2D eigenvalue weighted by Crippen LogP contribution is 2.34. The van der Waals surface area contributed by atoms with E-state index >= 15 is 0 Å². The molecule has 0 spiro atoms. The van der Waals surface area contributed by atoms with Crippen molar-refractivity contribution in [1.29, 1.82) is 0 Å². The average Bonchev–Trinajstić information content (AvgIpc) is 2.81. The summed E-state index contributed by atoms with van der Waals surface area (Å²) < 4.78 is 13.2. The molecule has 4 rings (SSSR count). The number of nitrogens with zero attached hydrogens (tertiary/aromatic N) is 1. The zero-order chi connectivity index (χ0) is 22.6. The molecule has 3 nitrogen and oxygen atoms in total. The maximum Gasteiger partial charge on any atom is 0.163 e. The molecule has 0 aliphatic carbocycles. The fourth-order valence-corrected chi connectivity index (χ4v) is 4.58. The minimum atomic E-state index is -0.854. The Morgan fingerprint density at radius 3 is 2.22 bits per heavy atom. The summed E-state index contributed by atoms with van der Waals surface area (Å²) in [6.45, 7) is 2.22. The van der Waals surface area contributed by atoms with Crippen molar-refractivity contribution < 1.29 is 14.3 Å². The quantitative estimate of drug-likeness (QED) is 0.460. The summed E-state index contributed by atoms with van der Waals surface area (Å²) in [6, 6.07) is 23.2. The lowest BCUT2D eigenvalue weighted by molar-refractivity contribution is -0.0270. The number of carbonyl (C=O) groups is 1. The smallest absolute Gasteiger partial charge is 0.163 e. The van der Waals surface area contributed by atoms with Gasteiger partial charge in [-0.1, -0.05) is 54.1 Å². The van der Waals surface area contributed by atoms with Gasteiger partial charge in [-0.15, -0.1) is 0 Å². The van der Waals surface area contributed by atoms with Gasteiger partial charge >= 0.3 is 0 Å². The molecule has 1 N–H and O–H groups in total. The number of halogens is 2. The molecular formula is C27H27ClFNO2. The van der Waals surface area contributed by atoms with Gasteiger partial charge in [0, 0.05) is 42.6 Å². The van der Waals surface area contributed by atoms with E-state index in [1.54, 1.807) is 12.1 Å². The van der Waals surface area contributed by atoms with Crippen LogP contribution >= 0.6 is 11.6 Å². The molecule has 1 unspecified atom stereocenters. The second-order valence-electron chi connectivity index (χ2n) is 8.58. The van der Waals surface area contributed by atoms with Gasteiger partial charge in [0.05, 0.1) is 5.60 Å². The van der Waals surface area contributed by atoms with Crippen LogP contribution in [0.15, 0.2) is 78.9 Å². The van der Waals surface area contributed by atoms with E-state index in [9.17, 15) is 14.3 Å². The molecule has 3 aromatic rings. The predicted octanol–water partition coefficient (Wildman–Crippen LogP) is 5.82. The lowest BCUT2D eigenvalue weighted by Crippen LogP contribution is -2.44. The number of ketones is 1. The van der Waals surface area contributed by atoms with Gasteiger partial charge in [-0.05, 0) is 60.4 Å². The minimum absolute atomic E-state index is 0.00790. The lowest BCUT2D eigenvalue weighted by atomic mass is 9.83. The maximum atomic E-state index is 13.2. The molecule has 0 amide bonds. The van der Waals surface area contributed by atoms with Crippen LogP contribution in [0, 0.1) is 5.82 Å². The number of rotatable bonds is 7. The standard InChI is InChI=1S/C27H27ClFNO2/c28-24-10-8-23(9-11-24)27(32)14-16-30(17-15-27)19-22(20-4-2-1-3-5-20)18-26(31)21-6-12-25(29)13-7-21/h1-13,22,32H,14-19H2.